The Kier molecular flexibility index (Phi) is 2.40. The molecular formula is C14H16N2O2. The zero-order valence-corrected chi connectivity index (χ0v) is 10.1. The van der Waals surface area contributed by atoms with Gasteiger partial charge in [0.15, 0.2) is 0 Å². The fourth-order valence-corrected chi connectivity index (χ4v) is 3.62. The van der Waals surface area contributed by atoms with Gasteiger partial charge in [-0.25, -0.2) is 0 Å². The van der Waals surface area contributed by atoms with Crippen molar-refractivity contribution in [2.45, 2.75) is 37.5 Å². The van der Waals surface area contributed by atoms with Gasteiger partial charge in [0, 0.05) is 11.1 Å². The monoisotopic (exact) mass is 244 g/mol. The van der Waals surface area contributed by atoms with Crippen molar-refractivity contribution in [3.05, 3.63) is 34.4 Å². The molecule has 2 bridgehead atoms. The van der Waals surface area contributed by atoms with Crippen molar-refractivity contribution in [2.24, 2.45) is 11.5 Å². The van der Waals surface area contributed by atoms with Crippen molar-refractivity contribution >= 4 is 11.8 Å². The van der Waals surface area contributed by atoms with E-state index in [1.54, 1.807) is 12.1 Å². The van der Waals surface area contributed by atoms with Crippen molar-refractivity contribution in [1.82, 2.24) is 0 Å². The van der Waals surface area contributed by atoms with Crippen molar-refractivity contribution in [1.29, 1.82) is 0 Å². The summed E-state index contributed by atoms with van der Waals surface area (Å²) in [5.74, 6) is -0.0803. The van der Waals surface area contributed by atoms with Crippen molar-refractivity contribution in [3.63, 3.8) is 0 Å². The number of rotatable bonds is 2. The molecule has 2 amide bonds. The number of nitrogens with two attached hydrogens (primary N) is 2. The number of hydrogen-bond donors (Lipinski definition) is 2. The van der Waals surface area contributed by atoms with E-state index in [2.05, 4.69) is 0 Å². The Labute approximate surface area is 105 Å². The van der Waals surface area contributed by atoms with Gasteiger partial charge in [0.2, 0.25) is 11.8 Å². The van der Waals surface area contributed by atoms with E-state index in [0.717, 1.165) is 36.8 Å². The van der Waals surface area contributed by atoms with E-state index in [9.17, 15) is 9.59 Å². The minimum absolute atomic E-state index is 0.367. The second-order valence-electron chi connectivity index (χ2n) is 5.27. The molecule has 94 valence electrons. The highest BCUT2D eigenvalue weighted by Gasteiger charge is 2.37. The molecule has 0 heterocycles. The van der Waals surface area contributed by atoms with Gasteiger partial charge in [-0.3, -0.25) is 9.59 Å². The average Bonchev–Trinajstić information content (AvgIpc) is 2.38. The topological polar surface area (TPSA) is 86.2 Å². The van der Waals surface area contributed by atoms with E-state index in [1.165, 1.54) is 0 Å². The molecule has 0 atom stereocenters. The molecular weight excluding hydrogens is 228 g/mol. The molecule has 1 aromatic carbocycles. The standard InChI is InChI=1S/C14H16N2O2/c15-13(17)9-5-6-10(14(16)18)12-8-2-1-7(3-4-8)11(9)12/h5-8H,1-4H2,(H2,15,17)(H2,16,18)/t7-,8-. The van der Waals surface area contributed by atoms with Gasteiger partial charge >= 0.3 is 0 Å². The van der Waals surface area contributed by atoms with E-state index in [1.807, 2.05) is 0 Å². The van der Waals surface area contributed by atoms with Crippen molar-refractivity contribution < 1.29 is 9.59 Å². The normalized spacial score (nSPS) is 24.7. The molecule has 0 unspecified atom stereocenters. The molecule has 0 aliphatic heterocycles. The Bertz CT molecular complexity index is 494. The summed E-state index contributed by atoms with van der Waals surface area (Å²) in [6, 6.07) is 3.31. The lowest BCUT2D eigenvalue weighted by Crippen LogP contribution is -2.29. The summed E-state index contributed by atoms with van der Waals surface area (Å²) in [5.41, 5.74) is 14.0. The molecule has 0 aromatic heterocycles. The maximum atomic E-state index is 11.5. The Hall–Kier alpha value is -1.84. The van der Waals surface area contributed by atoms with Crippen LogP contribution in [-0.4, -0.2) is 11.8 Å². The Morgan fingerprint density at radius 1 is 0.833 bits per heavy atom. The van der Waals surface area contributed by atoms with Crippen LogP contribution >= 0.6 is 0 Å². The Morgan fingerprint density at radius 2 is 1.17 bits per heavy atom. The first kappa shape index (κ1) is 11.3. The van der Waals surface area contributed by atoms with Crippen LogP contribution in [0, 0.1) is 0 Å². The Balaban J connectivity index is 2.29. The third kappa shape index (κ3) is 1.45. The third-order valence-corrected chi connectivity index (χ3v) is 4.36. The zero-order chi connectivity index (χ0) is 12.9. The smallest absolute Gasteiger partial charge is 0.248 e. The molecule has 4 rings (SSSR count). The first-order valence-corrected chi connectivity index (χ1v) is 6.36. The number of carbonyl (C=O) groups is 2. The summed E-state index contributed by atoms with van der Waals surface area (Å²) < 4.78 is 0. The first-order valence-electron chi connectivity index (χ1n) is 6.36. The fraction of sp³-hybridized carbons (Fsp3) is 0.429. The summed E-state index contributed by atoms with van der Waals surface area (Å²) in [5, 5.41) is 0. The SMILES string of the molecule is NC(=O)c1ccc(C(N)=O)c2c1[C@H]1CC[C@H]2CC1. The van der Waals surface area contributed by atoms with Gasteiger partial charge < -0.3 is 11.5 Å². The third-order valence-electron chi connectivity index (χ3n) is 4.36. The van der Waals surface area contributed by atoms with Gasteiger partial charge in [-0.1, -0.05) is 0 Å². The van der Waals surface area contributed by atoms with Gasteiger partial charge in [0.05, 0.1) is 0 Å². The molecule has 0 saturated heterocycles. The van der Waals surface area contributed by atoms with Crippen LogP contribution in [0.4, 0.5) is 0 Å². The summed E-state index contributed by atoms with van der Waals surface area (Å²) >= 11 is 0. The van der Waals surface area contributed by atoms with E-state index >= 15 is 0 Å². The van der Waals surface area contributed by atoms with Crippen LogP contribution in [-0.2, 0) is 0 Å². The molecule has 4 heteroatoms. The molecule has 1 saturated carbocycles. The van der Waals surface area contributed by atoms with Gasteiger partial charge in [0.25, 0.3) is 0 Å². The highest BCUT2D eigenvalue weighted by atomic mass is 16.1. The molecule has 18 heavy (non-hydrogen) atoms. The number of benzene rings is 1. The van der Waals surface area contributed by atoms with Crippen LogP contribution in [0.25, 0.3) is 0 Å². The van der Waals surface area contributed by atoms with Gasteiger partial charge in [-0.05, 0) is 60.8 Å². The van der Waals surface area contributed by atoms with Crippen LogP contribution in [0.3, 0.4) is 0 Å². The minimum atomic E-state index is -0.408. The van der Waals surface area contributed by atoms with Gasteiger partial charge in [0.1, 0.15) is 0 Å². The number of carbonyl (C=O) groups excluding carboxylic acids is 2. The predicted octanol–water partition coefficient (Wildman–Crippen LogP) is 1.64. The molecule has 4 N–H and O–H groups in total. The summed E-state index contributed by atoms with van der Waals surface area (Å²) in [6.07, 6.45) is 4.33. The molecule has 1 fully saturated rings. The van der Waals surface area contributed by atoms with Crippen molar-refractivity contribution in [3.8, 4) is 0 Å². The van der Waals surface area contributed by atoms with E-state index < -0.39 is 11.8 Å². The molecule has 3 aliphatic carbocycles. The Morgan fingerprint density at radius 3 is 1.44 bits per heavy atom. The minimum Gasteiger partial charge on any atom is -0.366 e. The zero-order valence-electron chi connectivity index (χ0n) is 10.1. The number of amides is 2. The lowest BCUT2D eigenvalue weighted by Gasteiger charge is -2.40. The van der Waals surface area contributed by atoms with Gasteiger partial charge in [-0.15, -0.1) is 0 Å². The summed E-state index contributed by atoms with van der Waals surface area (Å²) in [7, 11) is 0. The van der Waals surface area contributed by atoms with Crippen LogP contribution in [0.5, 0.6) is 0 Å². The number of primary amides is 2. The van der Waals surface area contributed by atoms with Crippen LogP contribution < -0.4 is 11.5 Å². The predicted molar refractivity (Wildman–Crippen MR) is 67.4 cm³/mol. The lowest BCUT2D eigenvalue weighted by molar-refractivity contribution is 0.0983. The summed E-state index contributed by atoms with van der Waals surface area (Å²) in [6.45, 7) is 0. The number of fused-ring (bicyclic) bond motifs is 2. The molecule has 0 spiro atoms. The van der Waals surface area contributed by atoms with E-state index in [4.69, 9.17) is 11.5 Å². The van der Waals surface area contributed by atoms with E-state index in [-0.39, 0.29) is 0 Å². The maximum Gasteiger partial charge on any atom is 0.248 e. The van der Waals surface area contributed by atoms with Crippen LogP contribution in [0.2, 0.25) is 0 Å². The molecule has 1 aromatic rings. The summed E-state index contributed by atoms with van der Waals surface area (Å²) in [4.78, 5) is 23.1. The van der Waals surface area contributed by atoms with Gasteiger partial charge in [-0.2, -0.15) is 0 Å². The van der Waals surface area contributed by atoms with E-state index in [0.29, 0.717) is 23.0 Å². The molecule has 3 aliphatic rings. The fourth-order valence-electron chi connectivity index (χ4n) is 3.62. The van der Waals surface area contributed by atoms with Crippen LogP contribution in [0.15, 0.2) is 12.1 Å². The second kappa shape index (κ2) is 3.83. The highest BCUT2D eigenvalue weighted by Crippen LogP contribution is 2.51. The molecule has 0 radical (unpaired) electrons. The quantitative estimate of drug-likeness (QED) is 0.828. The van der Waals surface area contributed by atoms with Crippen molar-refractivity contribution in [2.75, 3.05) is 0 Å². The highest BCUT2D eigenvalue weighted by molar-refractivity contribution is 6.00. The first-order chi connectivity index (χ1) is 8.59. The molecule has 4 nitrogen and oxygen atoms in total. The maximum absolute atomic E-state index is 11.5. The largest absolute Gasteiger partial charge is 0.366 e. The van der Waals surface area contributed by atoms with Crippen LogP contribution in [0.1, 0.15) is 69.4 Å². The lowest BCUT2D eigenvalue weighted by atomic mass is 9.64. The number of hydrogen-bond acceptors (Lipinski definition) is 2. The average molecular weight is 244 g/mol. The second-order valence-corrected chi connectivity index (χ2v) is 5.27.